The molecule has 0 spiro atoms. The van der Waals surface area contributed by atoms with E-state index in [-0.39, 0.29) is 11.3 Å². The average Bonchev–Trinajstić information content (AvgIpc) is 2.29. The molecule has 98 valence electrons. The number of hydrogen-bond acceptors (Lipinski definition) is 4. The molecule has 0 radical (unpaired) electrons. The molecule has 5 heteroatoms. The number of aromatic nitrogens is 1. The van der Waals surface area contributed by atoms with Crippen LogP contribution in [0.25, 0.3) is 0 Å². The van der Waals surface area contributed by atoms with Gasteiger partial charge in [-0.25, -0.2) is 9.78 Å². The maximum Gasteiger partial charge on any atom is 0.337 e. The van der Waals surface area contributed by atoms with Crippen LogP contribution in [-0.4, -0.2) is 22.6 Å². The molecule has 1 heterocycles. The van der Waals surface area contributed by atoms with E-state index in [4.69, 9.17) is 10.8 Å². The van der Waals surface area contributed by atoms with Crippen LogP contribution >= 0.6 is 0 Å². The van der Waals surface area contributed by atoms with E-state index in [0.29, 0.717) is 11.2 Å². The number of nitrogens with one attached hydrogen (secondary N) is 1. The summed E-state index contributed by atoms with van der Waals surface area (Å²) in [6.07, 6.45) is 6.30. The Morgan fingerprint density at radius 1 is 1.61 bits per heavy atom. The summed E-state index contributed by atoms with van der Waals surface area (Å²) in [5, 5.41) is 12.2. The van der Waals surface area contributed by atoms with Crippen molar-refractivity contribution in [1.82, 2.24) is 4.98 Å². The minimum atomic E-state index is -1.02. The van der Waals surface area contributed by atoms with E-state index in [1.165, 1.54) is 31.5 Å². The van der Waals surface area contributed by atoms with Crippen molar-refractivity contribution in [3.05, 3.63) is 17.8 Å². The summed E-state index contributed by atoms with van der Waals surface area (Å²) in [6.45, 7) is 3.00. The quantitative estimate of drug-likeness (QED) is 0.745. The van der Waals surface area contributed by atoms with Gasteiger partial charge < -0.3 is 16.2 Å². The first kappa shape index (κ1) is 12.7. The van der Waals surface area contributed by atoms with Gasteiger partial charge in [0.05, 0.1) is 11.3 Å². The molecule has 1 aromatic heterocycles. The Morgan fingerprint density at radius 2 is 2.33 bits per heavy atom. The summed E-state index contributed by atoms with van der Waals surface area (Å²) in [7, 11) is 0. The van der Waals surface area contributed by atoms with Crippen LogP contribution in [0, 0.1) is 5.41 Å². The summed E-state index contributed by atoms with van der Waals surface area (Å²) in [5.41, 5.74) is 6.47. The van der Waals surface area contributed by atoms with Crippen molar-refractivity contribution in [2.24, 2.45) is 5.41 Å². The SMILES string of the molecule is CCC1(CNc2nccc(C(=O)O)c2N)CCC1. The van der Waals surface area contributed by atoms with Gasteiger partial charge in [0, 0.05) is 12.7 Å². The van der Waals surface area contributed by atoms with Crippen LogP contribution in [0.3, 0.4) is 0 Å². The Bertz CT molecular complexity index is 450. The predicted molar refractivity (Wildman–Crippen MR) is 70.7 cm³/mol. The van der Waals surface area contributed by atoms with Gasteiger partial charge in [0.15, 0.2) is 0 Å². The van der Waals surface area contributed by atoms with Gasteiger partial charge >= 0.3 is 5.97 Å². The molecule has 18 heavy (non-hydrogen) atoms. The molecule has 1 saturated carbocycles. The second-order valence-electron chi connectivity index (χ2n) is 4.99. The summed E-state index contributed by atoms with van der Waals surface area (Å²) < 4.78 is 0. The number of nitrogens with zero attached hydrogens (tertiary/aromatic N) is 1. The molecule has 0 aromatic carbocycles. The number of carboxylic acids is 1. The third-order valence-corrected chi connectivity index (χ3v) is 4.02. The molecule has 1 aliphatic carbocycles. The van der Waals surface area contributed by atoms with Gasteiger partial charge in [-0.3, -0.25) is 0 Å². The second-order valence-corrected chi connectivity index (χ2v) is 4.99. The van der Waals surface area contributed by atoms with Crippen molar-refractivity contribution in [2.45, 2.75) is 32.6 Å². The van der Waals surface area contributed by atoms with E-state index in [9.17, 15) is 4.79 Å². The third kappa shape index (κ3) is 2.25. The highest BCUT2D eigenvalue weighted by Gasteiger charge is 2.34. The lowest BCUT2D eigenvalue weighted by Crippen LogP contribution is -2.36. The van der Waals surface area contributed by atoms with Crippen LogP contribution in [0.4, 0.5) is 11.5 Å². The van der Waals surface area contributed by atoms with Crippen LogP contribution < -0.4 is 11.1 Å². The van der Waals surface area contributed by atoms with Crippen molar-refractivity contribution in [2.75, 3.05) is 17.6 Å². The molecule has 1 aliphatic rings. The lowest BCUT2D eigenvalue weighted by Gasteiger charge is -2.41. The van der Waals surface area contributed by atoms with Gasteiger partial charge in [-0.05, 0) is 30.7 Å². The highest BCUT2D eigenvalue weighted by molar-refractivity contribution is 5.96. The molecular formula is C13H19N3O2. The van der Waals surface area contributed by atoms with Gasteiger partial charge in [-0.2, -0.15) is 0 Å². The van der Waals surface area contributed by atoms with Crippen molar-refractivity contribution in [3.63, 3.8) is 0 Å². The maximum absolute atomic E-state index is 11.0. The number of carboxylic acid groups (broad SMARTS) is 1. The van der Waals surface area contributed by atoms with Crippen molar-refractivity contribution in [3.8, 4) is 0 Å². The molecule has 4 N–H and O–H groups in total. The molecule has 5 nitrogen and oxygen atoms in total. The molecule has 0 bridgehead atoms. The number of pyridine rings is 1. The van der Waals surface area contributed by atoms with E-state index in [0.717, 1.165) is 13.0 Å². The third-order valence-electron chi connectivity index (χ3n) is 4.02. The fraction of sp³-hybridized carbons (Fsp3) is 0.538. The largest absolute Gasteiger partial charge is 0.478 e. The molecule has 0 aliphatic heterocycles. The maximum atomic E-state index is 11.0. The monoisotopic (exact) mass is 249 g/mol. The fourth-order valence-electron chi connectivity index (χ4n) is 2.40. The summed E-state index contributed by atoms with van der Waals surface area (Å²) in [4.78, 5) is 15.1. The average molecular weight is 249 g/mol. The van der Waals surface area contributed by atoms with Crippen LogP contribution in [0.2, 0.25) is 0 Å². The Labute approximate surface area is 106 Å². The lowest BCUT2D eigenvalue weighted by molar-refractivity contribution is 0.0698. The Morgan fingerprint density at radius 3 is 2.83 bits per heavy atom. The molecule has 0 unspecified atom stereocenters. The Kier molecular flexibility index (Phi) is 3.41. The molecule has 1 fully saturated rings. The Hall–Kier alpha value is -1.78. The highest BCUT2D eigenvalue weighted by atomic mass is 16.4. The summed E-state index contributed by atoms with van der Waals surface area (Å²) in [5.74, 6) is -0.540. The normalized spacial score (nSPS) is 16.9. The molecule has 1 aromatic rings. The first-order chi connectivity index (χ1) is 8.58. The zero-order valence-electron chi connectivity index (χ0n) is 10.6. The van der Waals surface area contributed by atoms with E-state index in [2.05, 4.69) is 17.2 Å². The van der Waals surface area contributed by atoms with E-state index in [1.807, 2.05) is 0 Å². The molecule has 0 amide bonds. The molecular weight excluding hydrogens is 230 g/mol. The number of hydrogen-bond donors (Lipinski definition) is 3. The standard InChI is InChI=1S/C13H19N3O2/c1-2-13(5-3-6-13)8-16-11-10(14)9(12(17)18)4-7-15-11/h4,7H,2-3,5-6,8,14H2,1H3,(H,15,16)(H,17,18). The molecule has 0 saturated heterocycles. The van der Waals surface area contributed by atoms with Crippen molar-refractivity contribution < 1.29 is 9.90 Å². The minimum absolute atomic E-state index is 0.103. The number of nitrogen functional groups attached to an aromatic ring is 1. The van der Waals surface area contributed by atoms with Crippen LogP contribution in [0.1, 0.15) is 43.0 Å². The Balaban J connectivity index is 2.10. The zero-order chi connectivity index (χ0) is 13.2. The lowest BCUT2D eigenvalue weighted by atomic mass is 9.67. The van der Waals surface area contributed by atoms with E-state index in [1.54, 1.807) is 0 Å². The van der Waals surface area contributed by atoms with Gasteiger partial charge in [0.1, 0.15) is 5.82 Å². The summed E-state index contributed by atoms with van der Waals surface area (Å²) >= 11 is 0. The van der Waals surface area contributed by atoms with Crippen molar-refractivity contribution >= 4 is 17.5 Å². The molecule has 0 atom stereocenters. The number of anilines is 2. The van der Waals surface area contributed by atoms with Gasteiger partial charge in [0.2, 0.25) is 0 Å². The topological polar surface area (TPSA) is 88.2 Å². The second kappa shape index (κ2) is 4.84. The van der Waals surface area contributed by atoms with Crippen molar-refractivity contribution in [1.29, 1.82) is 0 Å². The van der Waals surface area contributed by atoms with Gasteiger partial charge in [-0.15, -0.1) is 0 Å². The van der Waals surface area contributed by atoms with Crippen LogP contribution in [-0.2, 0) is 0 Å². The minimum Gasteiger partial charge on any atom is -0.478 e. The first-order valence-electron chi connectivity index (χ1n) is 6.30. The smallest absolute Gasteiger partial charge is 0.337 e. The van der Waals surface area contributed by atoms with E-state index >= 15 is 0 Å². The molecule has 2 rings (SSSR count). The zero-order valence-corrected chi connectivity index (χ0v) is 10.6. The predicted octanol–water partition coefficient (Wildman–Crippen LogP) is 2.35. The van der Waals surface area contributed by atoms with Gasteiger partial charge in [-0.1, -0.05) is 13.3 Å². The fourth-order valence-corrected chi connectivity index (χ4v) is 2.40. The van der Waals surface area contributed by atoms with E-state index < -0.39 is 5.97 Å². The number of rotatable bonds is 5. The van der Waals surface area contributed by atoms with Gasteiger partial charge in [0.25, 0.3) is 0 Å². The highest BCUT2D eigenvalue weighted by Crippen LogP contribution is 2.43. The number of aromatic carboxylic acids is 1. The first-order valence-corrected chi connectivity index (χ1v) is 6.30. The number of nitrogens with two attached hydrogens (primary N) is 1. The van der Waals surface area contributed by atoms with Crippen LogP contribution in [0.15, 0.2) is 12.3 Å². The number of carbonyl (C=O) groups is 1. The summed E-state index contributed by atoms with van der Waals surface area (Å²) in [6, 6.07) is 1.42. The van der Waals surface area contributed by atoms with Crippen LogP contribution in [0.5, 0.6) is 0 Å².